The zero-order valence-corrected chi connectivity index (χ0v) is 13.1. The minimum absolute atomic E-state index is 0.0891. The Kier molecular flexibility index (Phi) is 5.37. The zero-order valence-electron chi connectivity index (χ0n) is 12.4. The quantitative estimate of drug-likeness (QED) is 0.508. The molecule has 1 aromatic carbocycles. The molecule has 1 aromatic heterocycles. The summed E-state index contributed by atoms with van der Waals surface area (Å²) in [4.78, 5) is 15.9. The molecule has 2 amide bonds. The van der Waals surface area contributed by atoms with Crippen LogP contribution in [0.3, 0.4) is 0 Å². The Morgan fingerprint density at radius 2 is 2.09 bits per heavy atom. The first-order valence-corrected chi connectivity index (χ1v) is 7.05. The Labute approximate surface area is 138 Å². The van der Waals surface area contributed by atoms with Crippen molar-refractivity contribution in [3.05, 3.63) is 52.7 Å². The van der Waals surface area contributed by atoms with Crippen molar-refractivity contribution in [1.29, 1.82) is 5.41 Å². The number of halogens is 1. The highest BCUT2D eigenvalue weighted by Crippen LogP contribution is 2.16. The van der Waals surface area contributed by atoms with E-state index >= 15 is 0 Å². The maximum atomic E-state index is 11.8. The van der Waals surface area contributed by atoms with Crippen molar-refractivity contribution in [3.8, 4) is 0 Å². The molecule has 0 fully saturated rings. The monoisotopic (exact) mass is 333 g/mol. The van der Waals surface area contributed by atoms with E-state index in [4.69, 9.17) is 27.5 Å². The fraction of sp³-hybridized carbons (Fsp3) is 0.133. The first-order chi connectivity index (χ1) is 11.0. The highest BCUT2D eigenvalue weighted by atomic mass is 35.5. The highest BCUT2D eigenvalue weighted by molar-refractivity contribution is 6.30. The molecular formula is C15H16ClN5O2. The Balaban J connectivity index is 1.93. The van der Waals surface area contributed by atoms with Crippen LogP contribution in [0.25, 0.3) is 0 Å². The molecule has 0 aliphatic carbocycles. The summed E-state index contributed by atoms with van der Waals surface area (Å²) >= 11 is 5.80. The van der Waals surface area contributed by atoms with Crippen LogP contribution in [0.1, 0.15) is 11.1 Å². The molecule has 0 aliphatic rings. The molecule has 0 radical (unpaired) electrons. The fourth-order valence-electron chi connectivity index (χ4n) is 1.78. The summed E-state index contributed by atoms with van der Waals surface area (Å²) in [6.45, 7) is 0.352. The number of nitrogens with two attached hydrogens (primary N) is 1. The van der Waals surface area contributed by atoms with Crippen molar-refractivity contribution in [3.63, 3.8) is 0 Å². The van der Waals surface area contributed by atoms with Crippen LogP contribution in [0, 0.1) is 5.41 Å². The van der Waals surface area contributed by atoms with Crippen molar-refractivity contribution < 1.29 is 9.53 Å². The van der Waals surface area contributed by atoms with Crippen LogP contribution < -0.4 is 16.4 Å². The maximum absolute atomic E-state index is 11.8. The predicted octanol–water partition coefficient (Wildman–Crippen LogP) is 2.61. The molecular weight excluding hydrogens is 318 g/mol. The lowest BCUT2D eigenvalue weighted by Crippen LogP contribution is -2.28. The van der Waals surface area contributed by atoms with Gasteiger partial charge in [-0.3, -0.25) is 10.7 Å². The van der Waals surface area contributed by atoms with Gasteiger partial charge in [0.1, 0.15) is 5.82 Å². The third-order valence-corrected chi connectivity index (χ3v) is 3.24. The topological polar surface area (TPSA) is 113 Å². The molecule has 23 heavy (non-hydrogen) atoms. The van der Waals surface area contributed by atoms with Gasteiger partial charge in [0.2, 0.25) is 5.90 Å². The van der Waals surface area contributed by atoms with Gasteiger partial charge in [0.05, 0.1) is 12.7 Å². The van der Waals surface area contributed by atoms with E-state index in [0.29, 0.717) is 22.8 Å². The molecule has 0 saturated heterocycles. The van der Waals surface area contributed by atoms with Gasteiger partial charge in [-0.1, -0.05) is 23.7 Å². The SMILES string of the molecule is COC(=N)c1cnc(NC(=O)NCc2ccc(Cl)cc2)cc1N. The molecule has 7 nitrogen and oxygen atoms in total. The largest absolute Gasteiger partial charge is 0.481 e. The molecule has 2 aromatic rings. The van der Waals surface area contributed by atoms with Crippen LogP contribution in [-0.2, 0) is 11.3 Å². The van der Waals surface area contributed by atoms with E-state index in [2.05, 4.69) is 15.6 Å². The maximum Gasteiger partial charge on any atom is 0.320 e. The lowest BCUT2D eigenvalue weighted by atomic mass is 10.2. The number of rotatable bonds is 4. The van der Waals surface area contributed by atoms with Crippen LogP contribution >= 0.6 is 11.6 Å². The van der Waals surface area contributed by atoms with Crippen molar-refractivity contribution in [2.24, 2.45) is 0 Å². The van der Waals surface area contributed by atoms with Crippen molar-refractivity contribution in [2.75, 3.05) is 18.2 Å². The molecule has 5 N–H and O–H groups in total. The van der Waals surface area contributed by atoms with Crippen LogP contribution in [0.2, 0.25) is 5.02 Å². The number of anilines is 2. The van der Waals surface area contributed by atoms with E-state index in [1.807, 2.05) is 12.1 Å². The minimum Gasteiger partial charge on any atom is -0.481 e. The number of methoxy groups -OCH3 is 1. The molecule has 120 valence electrons. The number of carbonyl (C=O) groups excluding carboxylic acids is 1. The van der Waals surface area contributed by atoms with E-state index in [-0.39, 0.29) is 11.7 Å². The smallest absolute Gasteiger partial charge is 0.320 e. The van der Waals surface area contributed by atoms with E-state index in [1.54, 1.807) is 12.1 Å². The van der Waals surface area contributed by atoms with E-state index in [9.17, 15) is 4.79 Å². The van der Waals surface area contributed by atoms with Gasteiger partial charge >= 0.3 is 6.03 Å². The Hall–Kier alpha value is -2.80. The Morgan fingerprint density at radius 3 is 2.70 bits per heavy atom. The van der Waals surface area contributed by atoms with Crippen LogP contribution in [0.4, 0.5) is 16.3 Å². The predicted molar refractivity (Wildman–Crippen MR) is 89.8 cm³/mol. The standard InChI is InChI=1S/C15H16ClN5O2/c1-23-14(18)11-8-19-13(6-12(11)17)21-15(22)20-7-9-2-4-10(16)5-3-9/h2-6,8,18H,7H2,1H3,(H4,17,19,20,21,22). The highest BCUT2D eigenvalue weighted by Gasteiger charge is 2.09. The number of nitrogens with one attached hydrogen (secondary N) is 3. The lowest BCUT2D eigenvalue weighted by Gasteiger charge is -2.10. The first kappa shape index (κ1) is 16.6. The van der Waals surface area contributed by atoms with Gasteiger partial charge in [0, 0.05) is 29.5 Å². The van der Waals surface area contributed by atoms with Gasteiger partial charge in [-0.15, -0.1) is 0 Å². The normalized spacial score (nSPS) is 10.0. The summed E-state index contributed by atoms with van der Waals surface area (Å²) in [6, 6.07) is 8.20. The number of hydrogen-bond donors (Lipinski definition) is 4. The first-order valence-electron chi connectivity index (χ1n) is 6.67. The molecule has 0 unspecified atom stereocenters. The fourth-order valence-corrected chi connectivity index (χ4v) is 1.91. The van der Waals surface area contributed by atoms with E-state index in [1.165, 1.54) is 19.4 Å². The molecule has 8 heteroatoms. The van der Waals surface area contributed by atoms with Crippen molar-refractivity contribution in [2.45, 2.75) is 6.54 Å². The average molecular weight is 334 g/mol. The third kappa shape index (κ3) is 4.58. The van der Waals surface area contributed by atoms with E-state index in [0.717, 1.165) is 5.56 Å². The number of amides is 2. The second kappa shape index (κ2) is 7.46. The van der Waals surface area contributed by atoms with E-state index < -0.39 is 6.03 Å². The molecule has 0 spiro atoms. The number of ether oxygens (including phenoxy) is 1. The summed E-state index contributed by atoms with van der Waals surface area (Å²) in [7, 11) is 1.37. The summed E-state index contributed by atoms with van der Waals surface area (Å²) in [5, 5.41) is 13.5. The van der Waals surface area contributed by atoms with Crippen LogP contribution in [0.15, 0.2) is 36.5 Å². The summed E-state index contributed by atoms with van der Waals surface area (Å²) in [5.74, 6) is 0.192. The minimum atomic E-state index is -0.415. The Morgan fingerprint density at radius 1 is 1.39 bits per heavy atom. The third-order valence-electron chi connectivity index (χ3n) is 2.99. The van der Waals surface area contributed by atoms with Crippen LogP contribution in [-0.4, -0.2) is 24.0 Å². The number of urea groups is 1. The van der Waals surface area contributed by atoms with Gasteiger partial charge in [0.15, 0.2) is 0 Å². The number of benzene rings is 1. The number of pyridine rings is 1. The van der Waals surface area contributed by atoms with Gasteiger partial charge in [0.25, 0.3) is 0 Å². The molecule has 2 rings (SSSR count). The van der Waals surface area contributed by atoms with Crippen molar-refractivity contribution in [1.82, 2.24) is 10.3 Å². The second-order valence-electron chi connectivity index (χ2n) is 4.62. The summed E-state index contributed by atoms with van der Waals surface area (Å²) in [6.07, 6.45) is 1.37. The zero-order chi connectivity index (χ0) is 16.8. The number of nitrogens with zero attached hydrogens (tertiary/aromatic N) is 1. The van der Waals surface area contributed by atoms with Crippen molar-refractivity contribution >= 4 is 35.0 Å². The molecule has 0 atom stereocenters. The van der Waals surface area contributed by atoms with Crippen LogP contribution in [0.5, 0.6) is 0 Å². The second-order valence-corrected chi connectivity index (χ2v) is 5.06. The molecule has 1 heterocycles. The number of carbonyl (C=O) groups is 1. The van der Waals surface area contributed by atoms with Gasteiger partial charge < -0.3 is 15.8 Å². The van der Waals surface area contributed by atoms with Gasteiger partial charge in [-0.2, -0.15) is 0 Å². The van der Waals surface area contributed by atoms with Gasteiger partial charge in [-0.05, 0) is 17.7 Å². The molecule has 0 saturated carbocycles. The summed E-state index contributed by atoms with van der Waals surface area (Å²) < 4.78 is 4.79. The molecule has 0 aliphatic heterocycles. The summed E-state index contributed by atoms with van der Waals surface area (Å²) in [5.41, 5.74) is 7.38. The molecule has 0 bridgehead atoms. The number of aromatic nitrogens is 1. The lowest BCUT2D eigenvalue weighted by molar-refractivity contribution is 0.251. The average Bonchev–Trinajstić information content (AvgIpc) is 2.54. The number of hydrogen-bond acceptors (Lipinski definition) is 5. The van der Waals surface area contributed by atoms with Gasteiger partial charge in [-0.25, -0.2) is 9.78 Å². The number of nitrogen functional groups attached to an aromatic ring is 1. The Bertz CT molecular complexity index is 718.